The molecule has 0 fully saturated rings. The van der Waals surface area contributed by atoms with Gasteiger partial charge in [0.15, 0.2) is 5.82 Å². The second-order valence-electron chi connectivity index (χ2n) is 4.55. The van der Waals surface area contributed by atoms with E-state index in [2.05, 4.69) is 25.1 Å². The first-order chi connectivity index (χ1) is 10.1. The number of hydrogen-bond acceptors (Lipinski definition) is 5. The number of nitrogens with one attached hydrogen (secondary N) is 2. The third-order valence-electron chi connectivity index (χ3n) is 2.96. The van der Waals surface area contributed by atoms with Crippen molar-refractivity contribution >= 4 is 0 Å². The molecule has 3 aromatic heterocycles. The average molecular weight is 284 g/mol. The second kappa shape index (κ2) is 5.16. The van der Waals surface area contributed by atoms with Gasteiger partial charge in [0.1, 0.15) is 5.82 Å². The predicted octanol–water partition coefficient (Wildman–Crippen LogP) is 0.0734. The Kier molecular flexibility index (Phi) is 3.19. The van der Waals surface area contributed by atoms with Crippen molar-refractivity contribution in [1.29, 1.82) is 0 Å². The summed E-state index contributed by atoms with van der Waals surface area (Å²) in [4.78, 5) is 33.6. The Morgan fingerprint density at radius 1 is 1.33 bits per heavy atom. The van der Waals surface area contributed by atoms with Crippen LogP contribution in [-0.4, -0.2) is 29.7 Å². The van der Waals surface area contributed by atoms with E-state index >= 15 is 0 Å². The molecule has 3 heterocycles. The highest BCUT2D eigenvalue weighted by molar-refractivity contribution is 5.52. The van der Waals surface area contributed by atoms with Gasteiger partial charge >= 0.3 is 5.69 Å². The zero-order valence-corrected chi connectivity index (χ0v) is 11.2. The van der Waals surface area contributed by atoms with Gasteiger partial charge in [-0.15, -0.1) is 0 Å². The van der Waals surface area contributed by atoms with Crippen molar-refractivity contribution in [1.82, 2.24) is 29.7 Å². The quantitative estimate of drug-likeness (QED) is 0.707. The van der Waals surface area contributed by atoms with Crippen LogP contribution < -0.4 is 11.2 Å². The van der Waals surface area contributed by atoms with Crippen LogP contribution in [-0.2, 0) is 6.54 Å². The van der Waals surface area contributed by atoms with Crippen molar-refractivity contribution in [2.24, 2.45) is 0 Å². The molecule has 0 radical (unpaired) electrons. The SMILES string of the molecule is Cc1cn(Cc2nc(-c3cccnc3)n[nH]2)c(=O)[nH]c1=O. The molecule has 0 unspecified atom stereocenters. The summed E-state index contributed by atoms with van der Waals surface area (Å²) in [7, 11) is 0. The molecule has 21 heavy (non-hydrogen) atoms. The lowest BCUT2D eigenvalue weighted by Gasteiger charge is -2.02. The maximum Gasteiger partial charge on any atom is 0.328 e. The monoisotopic (exact) mass is 284 g/mol. The smallest absolute Gasteiger partial charge is 0.293 e. The van der Waals surface area contributed by atoms with Gasteiger partial charge in [-0.1, -0.05) is 0 Å². The Labute approximate surface area is 118 Å². The lowest BCUT2D eigenvalue weighted by molar-refractivity contribution is 0.683. The van der Waals surface area contributed by atoms with E-state index < -0.39 is 5.69 Å². The van der Waals surface area contributed by atoms with Crippen molar-refractivity contribution in [3.8, 4) is 11.4 Å². The molecule has 0 bridgehead atoms. The van der Waals surface area contributed by atoms with Crippen molar-refractivity contribution in [3.05, 3.63) is 62.9 Å². The van der Waals surface area contributed by atoms with Crippen LogP contribution in [0.15, 0.2) is 40.3 Å². The molecule has 0 saturated heterocycles. The van der Waals surface area contributed by atoms with Crippen molar-refractivity contribution in [3.63, 3.8) is 0 Å². The zero-order valence-electron chi connectivity index (χ0n) is 11.2. The van der Waals surface area contributed by atoms with Gasteiger partial charge in [-0.25, -0.2) is 9.78 Å². The fourth-order valence-corrected chi connectivity index (χ4v) is 1.89. The molecule has 0 aliphatic carbocycles. The molecule has 0 aromatic carbocycles. The van der Waals surface area contributed by atoms with Crippen molar-refractivity contribution < 1.29 is 0 Å². The summed E-state index contributed by atoms with van der Waals surface area (Å²) in [6.07, 6.45) is 4.82. The molecule has 0 aliphatic heterocycles. The summed E-state index contributed by atoms with van der Waals surface area (Å²) in [6.45, 7) is 1.83. The van der Waals surface area contributed by atoms with Crippen LogP contribution in [0.4, 0.5) is 0 Å². The molecule has 3 rings (SSSR count). The number of nitrogens with zero attached hydrogens (tertiary/aromatic N) is 4. The maximum atomic E-state index is 11.7. The molecular weight excluding hydrogens is 272 g/mol. The van der Waals surface area contributed by atoms with Crippen LogP contribution in [0.3, 0.4) is 0 Å². The maximum absolute atomic E-state index is 11.7. The third-order valence-corrected chi connectivity index (χ3v) is 2.96. The lowest BCUT2D eigenvalue weighted by Crippen LogP contribution is -2.31. The van der Waals surface area contributed by atoms with Gasteiger partial charge in [0.2, 0.25) is 0 Å². The highest BCUT2D eigenvalue weighted by Gasteiger charge is 2.08. The Morgan fingerprint density at radius 2 is 2.19 bits per heavy atom. The summed E-state index contributed by atoms with van der Waals surface area (Å²) in [6, 6.07) is 3.64. The Balaban J connectivity index is 1.90. The van der Waals surface area contributed by atoms with Gasteiger partial charge in [0, 0.05) is 29.7 Å². The minimum atomic E-state index is -0.482. The van der Waals surface area contributed by atoms with Crippen LogP contribution in [0.1, 0.15) is 11.4 Å². The first kappa shape index (κ1) is 13.0. The number of H-pyrrole nitrogens is 2. The molecule has 8 nitrogen and oxygen atoms in total. The fraction of sp³-hybridized carbons (Fsp3) is 0.154. The van der Waals surface area contributed by atoms with E-state index in [1.54, 1.807) is 25.4 Å². The Hall–Kier alpha value is -3.03. The van der Waals surface area contributed by atoms with Gasteiger partial charge in [-0.05, 0) is 19.1 Å². The van der Waals surface area contributed by atoms with E-state index in [9.17, 15) is 9.59 Å². The number of hydrogen-bond donors (Lipinski definition) is 2. The lowest BCUT2D eigenvalue weighted by atomic mass is 10.3. The van der Waals surface area contributed by atoms with E-state index in [4.69, 9.17) is 0 Å². The van der Waals surface area contributed by atoms with Crippen molar-refractivity contribution in [2.75, 3.05) is 0 Å². The second-order valence-corrected chi connectivity index (χ2v) is 4.55. The minimum absolute atomic E-state index is 0.198. The molecule has 0 spiro atoms. The number of aryl methyl sites for hydroxylation is 1. The summed E-state index contributed by atoms with van der Waals surface area (Å²) in [5, 5.41) is 6.86. The van der Waals surface area contributed by atoms with Crippen LogP contribution >= 0.6 is 0 Å². The van der Waals surface area contributed by atoms with E-state index in [1.165, 1.54) is 10.8 Å². The third kappa shape index (κ3) is 2.64. The van der Waals surface area contributed by atoms with Gasteiger partial charge in [-0.2, -0.15) is 5.10 Å². The van der Waals surface area contributed by atoms with Crippen molar-refractivity contribution in [2.45, 2.75) is 13.5 Å². The minimum Gasteiger partial charge on any atom is -0.293 e. The summed E-state index contributed by atoms with van der Waals surface area (Å²) in [5.41, 5.74) is 0.376. The fourth-order valence-electron chi connectivity index (χ4n) is 1.89. The Morgan fingerprint density at radius 3 is 2.95 bits per heavy atom. The molecule has 8 heteroatoms. The normalized spacial score (nSPS) is 10.7. The number of rotatable bonds is 3. The molecule has 0 amide bonds. The largest absolute Gasteiger partial charge is 0.328 e. The molecule has 0 aliphatic rings. The van der Waals surface area contributed by atoms with Crippen LogP contribution in [0.5, 0.6) is 0 Å². The summed E-state index contributed by atoms with van der Waals surface area (Å²) >= 11 is 0. The number of pyridine rings is 1. The highest BCUT2D eigenvalue weighted by atomic mass is 16.2. The highest BCUT2D eigenvalue weighted by Crippen LogP contribution is 2.12. The first-order valence-corrected chi connectivity index (χ1v) is 6.25. The van der Waals surface area contributed by atoms with Crippen LogP contribution in [0, 0.1) is 6.92 Å². The molecular formula is C13H12N6O2. The van der Waals surface area contributed by atoms with E-state index in [0.717, 1.165) is 5.56 Å². The van der Waals surface area contributed by atoms with E-state index in [0.29, 0.717) is 17.2 Å². The summed E-state index contributed by atoms with van der Waals surface area (Å²) in [5.74, 6) is 1.02. The standard InChI is InChI=1S/C13H12N6O2/c1-8-6-19(13(21)16-12(8)20)7-10-15-11(18-17-10)9-3-2-4-14-5-9/h2-6H,7H2,1H3,(H,15,17,18)(H,16,20,21). The first-order valence-electron chi connectivity index (χ1n) is 6.25. The molecule has 106 valence electrons. The van der Waals surface area contributed by atoms with Gasteiger partial charge < -0.3 is 0 Å². The molecule has 0 atom stereocenters. The predicted molar refractivity (Wildman–Crippen MR) is 74.8 cm³/mol. The summed E-state index contributed by atoms with van der Waals surface area (Å²) < 4.78 is 1.37. The number of aromatic amines is 2. The van der Waals surface area contributed by atoms with Crippen LogP contribution in [0.2, 0.25) is 0 Å². The van der Waals surface area contributed by atoms with Gasteiger partial charge in [0.05, 0.1) is 6.54 Å². The Bertz CT molecular complexity index is 877. The van der Waals surface area contributed by atoms with Gasteiger partial charge in [0.25, 0.3) is 5.56 Å². The van der Waals surface area contributed by atoms with E-state index in [-0.39, 0.29) is 12.1 Å². The average Bonchev–Trinajstić information content (AvgIpc) is 2.94. The topological polar surface area (TPSA) is 109 Å². The molecule has 0 saturated carbocycles. The molecule has 3 aromatic rings. The zero-order chi connectivity index (χ0) is 14.8. The van der Waals surface area contributed by atoms with E-state index in [1.807, 2.05) is 6.07 Å². The molecule has 2 N–H and O–H groups in total. The number of aromatic nitrogens is 6. The van der Waals surface area contributed by atoms with Crippen LogP contribution in [0.25, 0.3) is 11.4 Å². The van der Waals surface area contributed by atoms with Gasteiger partial charge in [-0.3, -0.25) is 24.4 Å².